The SMILES string of the molecule is CN/C=C\CCC(C)NC. The molecule has 0 aromatic heterocycles. The Morgan fingerprint density at radius 3 is 2.60 bits per heavy atom. The molecular weight excluding hydrogens is 124 g/mol. The van der Waals surface area contributed by atoms with Gasteiger partial charge in [0.25, 0.3) is 0 Å². The van der Waals surface area contributed by atoms with Gasteiger partial charge in [0.15, 0.2) is 0 Å². The van der Waals surface area contributed by atoms with Gasteiger partial charge >= 0.3 is 0 Å². The van der Waals surface area contributed by atoms with E-state index >= 15 is 0 Å². The molecule has 0 saturated carbocycles. The van der Waals surface area contributed by atoms with Crippen LogP contribution in [0.3, 0.4) is 0 Å². The molecule has 0 spiro atoms. The molecule has 0 bridgehead atoms. The van der Waals surface area contributed by atoms with Gasteiger partial charge in [-0.05, 0) is 33.0 Å². The Labute approximate surface area is 63.7 Å². The molecule has 0 heterocycles. The number of nitrogens with one attached hydrogen (secondary N) is 2. The van der Waals surface area contributed by atoms with Gasteiger partial charge < -0.3 is 10.6 Å². The van der Waals surface area contributed by atoms with E-state index in [0.717, 1.165) is 6.42 Å². The van der Waals surface area contributed by atoms with Gasteiger partial charge in [0.1, 0.15) is 0 Å². The number of rotatable bonds is 5. The topological polar surface area (TPSA) is 24.1 Å². The third kappa shape index (κ3) is 5.63. The highest BCUT2D eigenvalue weighted by molar-refractivity contribution is 4.79. The zero-order chi connectivity index (χ0) is 7.82. The van der Waals surface area contributed by atoms with Crippen LogP contribution in [0, 0.1) is 0 Å². The van der Waals surface area contributed by atoms with Gasteiger partial charge in [0.2, 0.25) is 0 Å². The molecule has 2 N–H and O–H groups in total. The fourth-order valence-corrected chi connectivity index (χ4v) is 0.692. The Hall–Kier alpha value is -0.500. The summed E-state index contributed by atoms with van der Waals surface area (Å²) < 4.78 is 0. The zero-order valence-corrected chi connectivity index (χ0v) is 7.15. The lowest BCUT2D eigenvalue weighted by atomic mass is 10.2. The van der Waals surface area contributed by atoms with Crippen molar-refractivity contribution in [1.29, 1.82) is 0 Å². The fourth-order valence-electron chi connectivity index (χ4n) is 0.692. The van der Waals surface area contributed by atoms with Crippen LogP contribution < -0.4 is 10.6 Å². The molecule has 0 radical (unpaired) electrons. The first-order valence-corrected chi connectivity index (χ1v) is 3.80. The molecular formula is C8H18N2. The number of allylic oxidation sites excluding steroid dienone is 1. The van der Waals surface area contributed by atoms with Crippen molar-refractivity contribution in [3.63, 3.8) is 0 Å². The highest BCUT2D eigenvalue weighted by Crippen LogP contribution is 1.95. The summed E-state index contributed by atoms with van der Waals surface area (Å²) in [6.45, 7) is 2.19. The Balaban J connectivity index is 3.10. The standard InChI is InChI=1S/C8H18N2/c1-8(10-3)6-4-5-7-9-2/h5,7-10H,4,6H2,1-3H3/b7-5-. The fraction of sp³-hybridized carbons (Fsp3) is 0.750. The molecule has 0 aromatic carbocycles. The summed E-state index contributed by atoms with van der Waals surface area (Å²) in [7, 11) is 3.91. The van der Waals surface area contributed by atoms with Crippen LogP contribution in [0.4, 0.5) is 0 Å². The van der Waals surface area contributed by atoms with Crippen LogP contribution in [-0.4, -0.2) is 20.1 Å². The number of hydrogen-bond donors (Lipinski definition) is 2. The van der Waals surface area contributed by atoms with Gasteiger partial charge in [-0.2, -0.15) is 0 Å². The minimum atomic E-state index is 0.626. The second-order valence-electron chi connectivity index (χ2n) is 2.46. The molecule has 0 aliphatic carbocycles. The summed E-state index contributed by atoms with van der Waals surface area (Å²) in [5.74, 6) is 0. The molecule has 0 aromatic rings. The van der Waals surface area contributed by atoms with Crippen LogP contribution in [0.1, 0.15) is 19.8 Å². The predicted molar refractivity (Wildman–Crippen MR) is 46.0 cm³/mol. The van der Waals surface area contributed by atoms with E-state index in [1.54, 1.807) is 0 Å². The van der Waals surface area contributed by atoms with E-state index in [9.17, 15) is 0 Å². The van der Waals surface area contributed by atoms with Gasteiger partial charge in [-0.3, -0.25) is 0 Å². The number of hydrogen-bond acceptors (Lipinski definition) is 2. The van der Waals surface area contributed by atoms with Crippen LogP contribution in [0.15, 0.2) is 12.3 Å². The van der Waals surface area contributed by atoms with Gasteiger partial charge in [0.05, 0.1) is 0 Å². The summed E-state index contributed by atoms with van der Waals surface area (Å²) in [6, 6.07) is 0.626. The zero-order valence-electron chi connectivity index (χ0n) is 7.15. The minimum absolute atomic E-state index is 0.626. The van der Waals surface area contributed by atoms with Gasteiger partial charge in [-0.1, -0.05) is 6.08 Å². The van der Waals surface area contributed by atoms with Crippen molar-refractivity contribution in [2.24, 2.45) is 0 Å². The van der Waals surface area contributed by atoms with Gasteiger partial charge in [0, 0.05) is 13.1 Å². The maximum atomic E-state index is 3.19. The van der Waals surface area contributed by atoms with Crippen LogP contribution >= 0.6 is 0 Å². The molecule has 0 amide bonds. The lowest BCUT2D eigenvalue weighted by molar-refractivity contribution is 0.570. The Kier molecular flexibility index (Phi) is 6.29. The van der Waals surface area contributed by atoms with Crippen molar-refractivity contribution < 1.29 is 0 Å². The van der Waals surface area contributed by atoms with E-state index in [4.69, 9.17) is 0 Å². The molecule has 2 nitrogen and oxygen atoms in total. The van der Waals surface area contributed by atoms with Gasteiger partial charge in [-0.15, -0.1) is 0 Å². The predicted octanol–water partition coefficient (Wildman–Crippen LogP) is 1.11. The van der Waals surface area contributed by atoms with E-state index in [-0.39, 0.29) is 0 Å². The summed E-state index contributed by atoms with van der Waals surface area (Å²) in [5.41, 5.74) is 0. The molecule has 0 aliphatic heterocycles. The second kappa shape index (κ2) is 6.62. The Bertz CT molecular complexity index is 89.3. The first kappa shape index (κ1) is 9.50. The molecule has 0 saturated heterocycles. The first-order chi connectivity index (χ1) is 4.81. The average molecular weight is 142 g/mol. The van der Waals surface area contributed by atoms with Crippen molar-refractivity contribution in [3.05, 3.63) is 12.3 Å². The van der Waals surface area contributed by atoms with Crippen LogP contribution in [0.5, 0.6) is 0 Å². The van der Waals surface area contributed by atoms with Crippen molar-refractivity contribution >= 4 is 0 Å². The lowest BCUT2D eigenvalue weighted by Crippen LogP contribution is -2.20. The third-order valence-electron chi connectivity index (χ3n) is 1.54. The van der Waals surface area contributed by atoms with Crippen molar-refractivity contribution in [1.82, 2.24) is 10.6 Å². The maximum Gasteiger partial charge on any atom is 0.00386 e. The van der Waals surface area contributed by atoms with Crippen LogP contribution in [0.2, 0.25) is 0 Å². The molecule has 0 fully saturated rings. The Morgan fingerprint density at radius 1 is 1.40 bits per heavy atom. The van der Waals surface area contributed by atoms with E-state index in [1.807, 2.05) is 20.3 Å². The lowest BCUT2D eigenvalue weighted by Gasteiger charge is -2.06. The highest BCUT2D eigenvalue weighted by atomic mass is 14.8. The van der Waals surface area contributed by atoms with E-state index in [2.05, 4.69) is 23.6 Å². The summed E-state index contributed by atoms with van der Waals surface area (Å²) >= 11 is 0. The maximum absolute atomic E-state index is 3.19. The Morgan fingerprint density at radius 2 is 2.10 bits per heavy atom. The average Bonchev–Trinajstić information content (AvgIpc) is 1.98. The normalized spacial score (nSPS) is 13.9. The monoisotopic (exact) mass is 142 g/mol. The van der Waals surface area contributed by atoms with Crippen molar-refractivity contribution in [2.75, 3.05) is 14.1 Å². The van der Waals surface area contributed by atoms with Crippen LogP contribution in [0.25, 0.3) is 0 Å². The highest BCUT2D eigenvalue weighted by Gasteiger charge is 1.92. The van der Waals surface area contributed by atoms with Crippen molar-refractivity contribution in [3.8, 4) is 0 Å². The molecule has 0 rings (SSSR count). The molecule has 60 valence electrons. The summed E-state index contributed by atoms with van der Waals surface area (Å²) in [4.78, 5) is 0. The molecule has 1 unspecified atom stereocenters. The molecule has 2 heteroatoms. The van der Waals surface area contributed by atoms with E-state index in [1.165, 1.54) is 6.42 Å². The van der Waals surface area contributed by atoms with E-state index in [0.29, 0.717) is 6.04 Å². The molecule has 1 atom stereocenters. The molecule has 10 heavy (non-hydrogen) atoms. The van der Waals surface area contributed by atoms with E-state index < -0.39 is 0 Å². The summed E-state index contributed by atoms with van der Waals surface area (Å²) in [5, 5.41) is 6.15. The second-order valence-corrected chi connectivity index (χ2v) is 2.46. The van der Waals surface area contributed by atoms with Crippen molar-refractivity contribution in [2.45, 2.75) is 25.8 Å². The smallest absolute Gasteiger partial charge is 0.00386 e. The van der Waals surface area contributed by atoms with Gasteiger partial charge in [-0.25, -0.2) is 0 Å². The van der Waals surface area contributed by atoms with Crippen LogP contribution in [-0.2, 0) is 0 Å². The first-order valence-electron chi connectivity index (χ1n) is 3.80. The quantitative estimate of drug-likeness (QED) is 0.601. The largest absolute Gasteiger partial charge is 0.394 e. The molecule has 0 aliphatic rings. The summed E-state index contributed by atoms with van der Waals surface area (Å²) in [6.07, 6.45) is 6.47. The third-order valence-corrected chi connectivity index (χ3v) is 1.54. The minimum Gasteiger partial charge on any atom is -0.394 e.